The first-order valence-corrected chi connectivity index (χ1v) is 7.50. The first kappa shape index (κ1) is 14.4. The number of aryl methyl sites for hydroxylation is 2. The third kappa shape index (κ3) is 1.98. The molecule has 0 saturated carbocycles. The fraction of sp³-hybridized carbons (Fsp3) is 0.267. The Balaban J connectivity index is 1.83. The van der Waals surface area contributed by atoms with E-state index < -0.39 is 6.04 Å². The molecule has 9 heteroatoms. The molecular formula is C15H16N7O2+. The van der Waals surface area contributed by atoms with Crippen LogP contribution < -0.4 is 9.88 Å². The maximum atomic E-state index is 11.5. The lowest BCUT2D eigenvalue weighted by molar-refractivity contribution is -0.654. The molecule has 4 rings (SSSR count). The van der Waals surface area contributed by atoms with E-state index in [9.17, 15) is 10.1 Å². The van der Waals surface area contributed by atoms with Crippen LogP contribution in [0.5, 0.6) is 0 Å². The quantitative estimate of drug-likeness (QED) is 0.439. The number of nitro groups is 1. The van der Waals surface area contributed by atoms with Crippen LogP contribution in [0.3, 0.4) is 0 Å². The number of para-hydroxylation sites is 2. The molecule has 3 aromatic rings. The summed E-state index contributed by atoms with van der Waals surface area (Å²) in [5.41, 5.74) is 2.22. The molecule has 0 radical (unpaired) electrons. The van der Waals surface area contributed by atoms with Crippen molar-refractivity contribution in [3.05, 3.63) is 58.4 Å². The number of nitrogens with one attached hydrogen (secondary N) is 1. The summed E-state index contributed by atoms with van der Waals surface area (Å²) in [5, 5.41) is 18.4. The highest BCUT2D eigenvalue weighted by atomic mass is 16.6. The van der Waals surface area contributed by atoms with Gasteiger partial charge in [0.15, 0.2) is 17.1 Å². The van der Waals surface area contributed by atoms with Crippen molar-refractivity contribution in [2.24, 2.45) is 14.1 Å². The Kier molecular flexibility index (Phi) is 3.08. The average molecular weight is 326 g/mol. The second-order valence-corrected chi connectivity index (χ2v) is 5.74. The van der Waals surface area contributed by atoms with Crippen LogP contribution in [-0.4, -0.2) is 24.3 Å². The van der Waals surface area contributed by atoms with Crippen LogP contribution in [0, 0.1) is 10.1 Å². The first-order chi connectivity index (χ1) is 11.6. The molecule has 0 saturated heterocycles. The van der Waals surface area contributed by atoms with Crippen molar-refractivity contribution in [1.29, 1.82) is 0 Å². The van der Waals surface area contributed by atoms with Crippen molar-refractivity contribution in [2.45, 2.75) is 12.5 Å². The van der Waals surface area contributed by atoms with E-state index in [4.69, 9.17) is 0 Å². The van der Waals surface area contributed by atoms with Gasteiger partial charge < -0.3 is 5.32 Å². The van der Waals surface area contributed by atoms with Gasteiger partial charge >= 0.3 is 0 Å². The number of benzene rings is 1. The smallest absolute Gasteiger partial charge is 0.287 e. The third-order valence-electron chi connectivity index (χ3n) is 4.52. The van der Waals surface area contributed by atoms with Gasteiger partial charge in [-0.3, -0.25) is 10.1 Å². The number of nitrogens with zero attached hydrogens (tertiary/aromatic N) is 6. The number of allylic oxidation sites excluding steroid dienone is 1. The van der Waals surface area contributed by atoms with Crippen molar-refractivity contribution in [3.8, 4) is 0 Å². The van der Waals surface area contributed by atoms with Crippen molar-refractivity contribution in [2.75, 3.05) is 5.32 Å². The Hall–Kier alpha value is -3.23. The van der Waals surface area contributed by atoms with E-state index >= 15 is 0 Å². The monoisotopic (exact) mass is 326 g/mol. The highest BCUT2D eigenvalue weighted by Crippen LogP contribution is 2.28. The van der Waals surface area contributed by atoms with Crippen LogP contribution in [0.15, 0.2) is 42.5 Å². The van der Waals surface area contributed by atoms with E-state index in [-0.39, 0.29) is 10.6 Å². The molecule has 0 bridgehead atoms. The lowest BCUT2D eigenvalue weighted by Crippen LogP contribution is -2.36. The van der Waals surface area contributed by atoms with Crippen LogP contribution in [-0.2, 0) is 20.5 Å². The zero-order valence-electron chi connectivity index (χ0n) is 13.2. The van der Waals surface area contributed by atoms with Crippen molar-refractivity contribution < 1.29 is 9.49 Å². The lowest BCUT2D eigenvalue weighted by atomic mass is 10.1. The number of imidazole rings is 1. The molecule has 1 atom stereocenters. The van der Waals surface area contributed by atoms with Gasteiger partial charge in [0.25, 0.3) is 11.5 Å². The van der Waals surface area contributed by atoms with Crippen molar-refractivity contribution >= 4 is 17.0 Å². The van der Waals surface area contributed by atoms with Crippen LogP contribution in [0.4, 0.5) is 5.95 Å². The maximum absolute atomic E-state index is 11.5. The standard InChI is InChI=1S/C15H16N7O2/c1-19-10-5-3-4-6-11(10)20(2)14(19)7-12-13(22(23)24)8-16-15-17-9-18-21(12)15/h3-6,8-9,12H,7H2,1-2H3,(H,16,17,18)/q+1/t12-/m1/s1. The number of hydrogen-bond acceptors (Lipinski definition) is 5. The molecule has 122 valence electrons. The summed E-state index contributed by atoms with van der Waals surface area (Å²) in [6.45, 7) is 0. The molecule has 1 aliphatic rings. The summed E-state index contributed by atoms with van der Waals surface area (Å²) in [6, 6.07) is 7.51. The predicted molar refractivity (Wildman–Crippen MR) is 85.6 cm³/mol. The van der Waals surface area contributed by atoms with Crippen molar-refractivity contribution in [3.63, 3.8) is 0 Å². The molecule has 24 heavy (non-hydrogen) atoms. The fourth-order valence-electron chi connectivity index (χ4n) is 3.29. The van der Waals surface area contributed by atoms with E-state index in [1.165, 1.54) is 12.5 Å². The van der Waals surface area contributed by atoms with Gasteiger partial charge in [-0.2, -0.15) is 10.1 Å². The molecular weight excluding hydrogens is 310 g/mol. The summed E-state index contributed by atoms with van der Waals surface area (Å²) in [5.74, 6) is 1.48. The summed E-state index contributed by atoms with van der Waals surface area (Å²) >= 11 is 0. The van der Waals surface area contributed by atoms with Gasteiger partial charge in [-0.25, -0.2) is 13.8 Å². The van der Waals surface area contributed by atoms with Gasteiger partial charge in [0, 0.05) is 0 Å². The molecule has 3 heterocycles. The van der Waals surface area contributed by atoms with Crippen LogP contribution in [0.25, 0.3) is 11.0 Å². The number of fused-ring (bicyclic) bond motifs is 2. The van der Waals surface area contributed by atoms with Gasteiger partial charge in [0.05, 0.1) is 31.6 Å². The normalized spacial score (nSPS) is 16.6. The number of anilines is 1. The molecule has 0 spiro atoms. The molecule has 0 aliphatic carbocycles. The molecule has 1 aliphatic heterocycles. The highest BCUT2D eigenvalue weighted by molar-refractivity contribution is 5.72. The van der Waals surface area contributed by atoms with Gasteiger partial charge in [0.1, 0.15) is 6.33 Å². The molecule has 0 unspecified atom stereocenters. The zero-order valence-corrected chi connectivity index (χ0v) is 13.2. The number of hydrogen-bond donors (Lipinski definition) is 1. The van der Waals surface area contributed by atoms with Crippen LogP contribution >= 0.6 is 0 Å². The zero-order chi connectivity index (χ0) is 16.8. The Labute approximate surface area is 137 Å². The molecule has 0 amide bonds. The van der Waals surface area contributed by atoms with Gasteiger partial charge in [-0.15, -0.1) is 0 Å². The van der Waals surface area contributed by atoms with E-state index in [1.807, 2.05) is 38.4 Å². The number of rotatable bonds is 3. The van der Waals surface area contributed by atoms with Gasteiger partial charge in [-0.1, -0.05) is 12.1 Å². The minimum absolute atomic E-state index is 0.0678. The molecule has 1 aromatic carbocycles. The van der Waals surface area contributed by atoms with Gasteiger partial charge in [0.2, 0.25) is 5.95 Å². The highest BCUT2D eigenvalue weighted by Gasteiger charge is 2.36. The van der Waals surface area contributed by atoms with Crippen LogP contribution in [0.2, 0.25) is 0 Å². The van der Waals surface area contributed by atoms with E-state index in [1.54, 1.807) is 4.68 Å². The average Bonchev–Trinajstić information content (AvgIpc) is 3.14. The Morgan fingerprint density at radius 2 is 2.21 bits per heavy atom. The summed E-state index contributed by atoms with van der Waals surface area (Å²) < 4.78 is 5.69. The summed E-state index contributed by atoms with van der Waals surface area (Å²) in [7, 11) is 3.94. The molecule has 9 nitrogen and oxygen atoms in total. The lowest BCUT2D eigenvalue weighted by Gasteiger charge is -2.19. The Bertz CT molecular complexity index is 946. The number of aromatic nitrogens is 5. The second-order valence-electron chi connectivity index (χ2n) is 5.74. The topological polar surface area (TPSA) is 94.7 Å². The minimum atomic E-state index is -0.520. The van der Waals surface area contributed by atoms with Gasteiger partial charge in [-0.05, 0) is 12.1 Å². The Morgan fingerprint density at radius 1 is 1.42 bits per heavy atom. The summed E-state index contributed by atoms with van der Waals surface area (Å²) in [4.78, 5) is 15.2. The van der Waals surface area contributed by atoms with E-state index in [0.717, 1.165) is 16.9 Å². The Morgan fingerprint density at radius 3 is 2.96 bits per heavy atom. The predicted octanol–water partition coefficient (Wildman–Crippen LogP) is 0.922. The molecule has 1 N–H and O–H groups in total. The van der Waals surface area contributed by atoms with E-state index in [0.29, 0.717) is 12.4 Å². The van der Waals surface area contributed by atoms with Crippen molar-refractivity contribution in [1.82, 2.24) is 19.3 Å². The SMILES string of the molecule is Cn1c(C[C@@H]2C([N+](=O)[O-])=CNc3ncnn32)[n+](C)c2ccccc21. The molecule has 2 aromatic heterocycles. The second kappa shape index (κ2) is 5.15. The fourth-order valence-corrected chi connectivity index (χ4v) is 3.29. The molecule has 0 fully saturated rings. The summed E-state index contributed by atoms with van der Waals surface area (Å²) in [6.07, 6.45) is 3.23. The van der Waals surface area contributed by atoms with Crippen LogP contribution in [0.1, 0.15) is 11.9 Å². The first-order valence-electron chi connectivity index (χ1n) is 7.50. The maximum Gasteiger partial charge on any atom is 0.287 e. The minimum Gasteiger partial charge on any atom is -0.325 e. The van der Waals surface area contributed by atoms with E-state index in [2.05, 4.69) is 24.5 Å². The third-order valence-corrected chi connectivity index (χ3v) is 4.52. The largest absolute Gasteiger partial charge is 0.325 e.